The van der Waals surface area contributed by atoms with Gasteiger partial charge in [-0.15, -0.1) is 0 Å². The molecule has 0 aliphatic carbocycles. The highest BCUT2D eigenvalue weighted by atomic mass is 16.6. The molecule has 0 aromatic heterocycles. The van der Waals surface area contributed by atoms with Crippen LogP contribution in [0.4, 0.5) is 5.69 Å². The molecule has 1 N–H and O–H groups in total. The summed E-state index contributed by atoms with van der Waals surface area (Å²) in [6.07, 6.45) is 3.29. The second-order valence-electron chi connectivity index (χ2n) is 7.65. The molecule has 0 radical (unpaired) electrons. The SMILES string of the molecule is CCCCOc1ccc(C(=O)N/C(=C\c2cccc([N+](=O)[O-])c2)C(=O)OCc2ccccc2)cc1. The average molecular weight is 475 g/mol. The van der Waals surface area contributed by atoms with Crippen molar-refractivity contribution in [3.8, 4) is 5.75 Å². The fourth-order valence-electron chi connectivity index (χ4n) is 3.07. The number of hydrogen-bond acceptors (Lipinski definition) is 6. The number of nitro groups is 1. The van der Waals surface area contributed by atoms with Crippen molar-refractivity contribution in [2.75, 3.05) is 6.61 Å². The molecule has 0 saturated carbocycles. The molecule has 0 unspecified atom stereocenters. The Kier molecular flexibility index (Phi) is 9.13. The molecule has 0 fully saturated rings. The van der Waals surface area contributed by atoms with Crippen LogP contribution in [0.15, 0.2) is 84.6 Å². The number of carbonyl (C=O) groups excluding carboxylic acids is 2. The van der Waals surface area contributed by atoms with E-state index in [2.05, 4.69) is 12.2 Å². The number of nitrogens with zero attached hydrogens (tertiary/aromatic N) is 1. The molecule has 3 aromatic carbocycles. The van der Waals surface area contributed by atoms with Crippen molar-refractivity contribution < 1.29 is 24.0 Å². The molecule has 35 heavy (non-hydrogen) atoms. The first-order valence-electron chi connectivity index (χ1n) is 11.2. The minimum absolute atomic E-state index is 0.00557. The van der Waals surface area contributed by atoms with E-state index >= 15 is 0 Å². The lowest BCUT2D eigenvalue weighted by Crippen LogP contribution is -2.28. The third-order valence-corrected chi connectivity index (χ3v) is 4.96. The van der Waals surface area contributed by atoms with E-state index in [1.165, 1.54) is 24.3 Å². The highest BCUT2D eigenvalue weighted by Gasteiger charge is 2.17. The molecule has 180 valence electrons. The molecule has 3 rings (SSSR count). The smallest absolute Gasteiger partial charge is 0.355 e. The molecule has 0 aliphatic heterocycles. The lowest BCUT2D eigenvalue weighted by atomic mass is 10.1. The van der Waals surface area contributed by atoms with Crippen molar-refractivity contribution in [2.45, 2.75) is 26.4 Å². The lowest BCUT2D eigenvalue weighted by molar-refractivity contribution is -0.384. The molecule has 0 saturated heterocycles. The van der Waals surface area contributed by atoms with E-state index in [0.29, 0.717) is 23.5 Å². The molecule has 3 aromatic rings. The Hall–Kier alpha value is -4.46. The number of hydrogen-bond donors (Lipinski definition) is 1. The van der Waals surface area contributed by atoms with E-state index in [-0.39, 0.29) is 18.0 Å². The van der Waals surface area contributed by atoms with Gasteiger partial charge < -0.3 is 14.8 Å². The molecular formula is C27H26N2O6. The van der Waals surface area contributed by atoms with Crippen molar-refractivity contribution >= 4 is 23.6 Å². The van der Waals surface area contributed by atoms with Gasteiger partial charge in [0.05, 0.1) is 11.5 Å². The summed E-state index contributed by atoms with van der Waals surface area (Å²) in [7, 11) is 0. The first-order valence-corrected chi connectivity index (χ1v) is 11.2. The van der Waals surface area contributed by atoms with Gasteiger partial charge in [0.2, 0.25) is 0 Å². The Balaban J connectivity index is 1.79. The first-order chi connectivity index (χ1) is 17.0. The van der Waals surface area contributed by atoms with Crippen LogP contribution in [-0.4, -0.2) is 23.4 Å². The molecular weight excluding hydrogens is 448 g/mol. The Bertz CT molecular complexity index is 1190. The topological polar surface area (TPSA) is 108 Å². The van der Waals surface area contributed by atoms with Gasteiger partial charge in [-0.05, 0) is 47.9 Å². The molecule has 0 aliphatic rings. The summed E-state index contributed by atoms with van der Waals surface area (Å²) in [5.74, 6) is -0.656. The summed E-state index contributed by atoms with van der Waals surface area (Å²) >= 11 is 0. The van der Waals surface area contributed by atoms with Crippen molar-refractivity contribution in [2.24, 2.45) is 0 Å². The maximum Gasteiger partial charge on any atom is 0.355 e. The third kappa shape index (κ3) is 7.82. The number of ether oxygens (including phenoxy) is 2. The van der Waals surface area contributed by atoms with Crippen LogP contribution in [0.5, 0.6) is 5.75 Å². The Morgan fingerprint density at radius 2 is 1.74 bits per heavy atom. The van der Waals surface area contributed by atoms with Crippen molar-refractivity contribution in [1.82, 2.24) is 5.32 Å². The fourth-order valence-corrected chi connectivity index (χ4v) is 3.07. The molecule has 8 heteroatoms. The minimum atomic E-state index is -0.770. The molecule has 1 amide bonds. The monoisotopic (exact) mass is 474 g/mol. The van der Waals surface area contributed by atoms with Crippen LogP contribution in [0, 0.1) is 10.1 Å². The van der Waals surface area contributed by atoms with E-state index in [1.54, 1.807) is 42.5 Å². The number of unbranched alkanes of at least 4 members (excludes halogenated alkanes) is 1. The molecule has 0 heterocycles. The highest BCUT2D eigenvalue weighted by Crippen LogP contribution is 2.17. The van der Waals surface area contributed by atoms with Crippen molar-refractivity contribution in [3.63, 3.8) is 0 Å². The van der Waals surface area contributed by atoms with Gasteiger partial charge in [0.15, 0.2) is 0 Å². The maximum atomic E-state index is 12.9. The van der Waals surface area contributed by atoms with Gasteiger partial charge >= 0.3 is 5.97 Å². The zero-order chi connectivity index (χ0) is 25.0. The third-order valence-electron chi connectivity index (χ3n) is 4.96. The molecule has 0 atom stereocenters. The van der Waals surface area contributed by atoms with Crippen LogP contribution in [0.25, 0.3) is 6.08 Å². The number of carbonyl (C=O) groups is 2. The largest absolute Gasteiger partial charge is 0.494 e. The number of nitro benzene ring substituents is 1. The van der Waals surface area contributed by atoms with E-state index < -0.39 is 16.8 Å². The van der Waals surface area contributed by atoms with E-state index in [0.717, 1.165) is 18.4 Å². The van der Waals surface area contributed by atoms with Crippen LogP contribution in [0.2, 0.25) is 0 Å². The number of rotatable bonds is 11. The van der Waals surface area contributed by atoms with Crippen LogP contribution < -0.4 is 10.1 Å². The van der Waals surface area contributed by atoms with E-state index in [4.69, 9.17) is 9.47 Å². The highest BCUT2D eigenvalue weighted by molar-refractivity contribution is 6.03. The van der Waals surface area contributed by atoms with Crippen LogP contribution in [-0.2, 0) is 16.1 Å². The Morgan fingerprint density at radius 3 is 2.43 bits per heavy atom. The summed E-state index contributed by atoms with van der Waals surface area (Å²) in [6, 6.07) is 21.4. The first kappa shape index (κ1) is 25.2. The molecule has 0 bridgehead atoms. The number of esters is 1. The lowest BCUT2D eigenvalue weighted by Gasteiger charge is -2.11. The fraction of sp³-hybridized carbons (Fsp3) is 0.185. The predicted octanol–water partition coefficient (Wildman–Crippen LogP) is 5.29. The second kappa shape index (κ2) is 12.7. The van der Waals surface area contributed by atoms with Crippen molar-refractivity contribution in [3.05, 3.63) is 111 Å². The van der Waals surface area contributed by atoms with E-state index in [9.17, 15) is 19.7 Å². The Morgan fingerprint density at radius 1 is 1.00 bits per heavy atom. The van der Waals surface area contributed by atoms with Gasteiger partial charge in [-0.2, -0.15) is 0 Å². The van der Waals surface area contributed by atoms with Gasteiger partial charge in [0, 0.05) is 17.7 Å². The molecule has 8 nitrogen and oxygen atoms in total. The summed E-state index contributed by atoms with van der Waals surface area (Å²) in [6.45, 7) is 2.66. The van der Waals surface area contributed by atoms with Crippen molar-refractivity contribution in [1.29, 1.82) is 0 Å². The standard InChI is InChI=1S/C27H26N2O6/c1-2-3-16-34-24-14-12-22(13-15-24)26(30)28-25(18-21-10-7-11-23(17-21)29(32)33)27(31)35-19-20-8-5-4-6-9-20/h4-15,17-18H,2-3,16,19H2,1H3,(H,28,30)/b25-18-. The zero-order valence-electron chi connectivity index (χ0n) is 19.3. The maximum absolute atomic E-state index is 12.9. The summed E-state index contributed by atoms with van der Waals surface area (Å²) in [5, 5.41) is 13.7. The number of amides is 1. The van der Waals surface area contributed by atoms with Gasteiger partial charge in [-0.3, -0.25) is 14.9 Å². The van der Waals surface area contributed by atoms with Crippen LogP contribution in [0.1, 0.15) is 41.3 Å². The van der Waals surface area contributed by atoms with Crippen LogP contribution in [0.3, 0.4) is 0 Å². The summed E-state index contributed by atoms with van der Waals surface area (Å²) in [4.78, 5) is 36.3. The summed E-state index contributed by atoms with van der Waals surface area (Å²) in [5.41, 5.74) is 1.18. The zero-order valence-corrected chi connectivity index (χ0v) is 19.3. The summed E-state index contributed by atoms with van der Waals surface area (Å²) < 4.78 is 11.0. The predicted molar refractivity (Wildman–Crippen MR) is 132 cm³/mol. The van der Waals surface area contributed by atoms with Gasteiger partial charge in [-0.25, -0.2) is 4.79 Å². The minimum Gasteiger partial charge on any atom is -0.494 e. The molecule has 0 spiro atoms. The van der Waals surface area contributed by atoms with Gasteiger partial charge in [0.1, 0.15) is 18.1 Å². The Labute approximate surface area is 203 Å². The number of nitrogens with one attached hydrogen (secondary N) is 1. The average Bonchev–Trinajstić information content (AvgIpc) is 2.88. The second-order valence-corrected chi connectivity index (χ2v) is 7.65. The normalized spacial score (nSPS) is 10.9. The number of benzene rings is 3. The van der Waals surface area contributed by atoms with Gasteiger partial charge in [-0.1, -0.05) is 55.8 Å². The quantitative estimate of drug-likeness (QED) is 0.133. The van der Waals surface area contributed by atoms with E-state index in [1.807, 2.05) is 18.2 Å². The number of non-ortho nitro benzene ring substituents is 1. The van der Waals surface area contributed by atoms with Gasteiger partial charge in [0.25, 0.3) is 11.6 Å². The van der Waals surface area contributed by atoms with Crippen LogP contribution >= 0.6 is 0 Å².